The van der Waals surface area contributed by atoms with Gasteiger partial charge in [0.25, 0.3) is 0 Å². The van der Waals surface area contributed by atoms with Gasteiger partial charge in [0.1, 0.15) is 0 Å². The van der Waals surface area contributed by atoms with Crippen LogP contribution in [0.3, 0.4) is 0 Å². The highest BCUT2D eigenvalue weighted by Crippen LogP contribution is 2.42. The lowest BCUT2D eigenvalue weighted by Crippen LogP contribution is -2.50. The Bertz CT molecular complexity index is 541. The Labute approximate surface area is 130 Å². The number of carbonyl (C=O) groups is 2. The lowest BCUT2D eigenvalue weighted by molar-refractivity contribution is -0.124. The highest BCUT2D eigenvalue weighted by molar-refractivity contribution is 5.76. The number of ether oxygens (including phenoxy) is 1. The van der Waals surface area contributed by atoms with Crippen molar-refractivity contribution in [2.45, 2.75) is 38.9 Å². The summed E-state index contributed by atoms with van der Waals surface area (Å²) in [5.41, 5.74) is -0.106. The predicted octanol–water partition coefficient (Wildman–Crippen LogP) is 1.47. The van der Waals surface area contributed by atoms with Crippen molar-refractivity contribution in [2.75, 3.05) is 13.1 Å². The van der Waals surface area contributed by atoms with Crippen LogP contribution < -0.4 is 5.32 Å². The first-order valence-corrected chi connectivity index (χ1v) is 7.77. The number of hydrogen-bond acceptors (Lipinski definition) is 4. The molecule has 2 aliphatic heterocycles. The molecule has 3 rings (SSSR count). The summed E-state index contributed by atoms with van der Waals surface area (Å²) in [6, 6.07) is 4.20. The summed E-state index contributed by atoms with van der Waals surface area (Å²) in [7, 11) is 0. The second kappa shape index (κ2) is 5.76. The second-order valence-corrected chi connectivity index (χ2v) is 6.97. The van der Waals surface area contributed by atoms with Gasteiger partial charge in [0, 0.05) is 43.5 Å². The molecule has 0 aliphatic carbocycles. The van der Waals surface area contributed by atoms with E-state index in [0.29, 0.717) is 5.92 Å². The minimum absolute atomic E-state index is 0.0689. The first-order chi connectivity index (χ1) is 10.5. The first kappa shape index (κ1) is 15.1. The molecule has 1 N–H and O–H groups in total. The number of amides is 1. The fourth-order valence-electron chi connectivity index (χ4n) is 4.03. The SMILES string of the molecule is CC(C)(Cn1cccc1)C1CC2CNCC2N1C(=O)OC=O. The van der Waals surface area contributed by atoms with Crippen LogP contribution in [0.15, 0.2) is 24.5 Å². The molecular formula is C16H23N3O3. The third kappa shape index (κ3) is 2.63. The van der Waals surface area contributed by atoms with Crippen LogP contribution >= 0.6 is 0 Å². The zero-order valence-corrected chi connectivity index (χ0v) is 13.1. The van der Waals surface area contributed by atoms with E-state index >= 15 is 0 Å². The third-order valence-electron chi connectivity index (χ3n) is 5.04. The van der Waals surface area contributed by atoms with Crippen molar-refractivity contribution >= 4 is 12.6 Å². The summed E-state index contributed by atoms with van der Waals surface area (Å²) < 4.78 is 6.80. The van der Waals surface area contributed by atoms with Crippen LogP contribution in [0.2, 0.25) is 0 Å². The van der Waals surface area contributed by atoms with Crippen LogP contribution in [0.5, 0.6) is 0 Å². The molecule has 3 heterocycles. The van der Waals surface area contributed by atoms with E-state index in [2.05, 4.69) is 28.5 Å². The number of aromatic nitrogens is 1. The van der Waals surface area contributed by atoms with Gasteiger partial charge < -0.3 is 14.6 Å². The summed E-state index contributed by atoms with van der Waals surface area (Å²) in [6.07, 6.45) is 4.50. The van der Waals surface area contributed by atoms with Crippen LogP contribution in [-0.2, 0) is 16.1 Å². The molecule has 3 unspecified atom stereocenters. The Morgan fingerprint density at radius 1 is 1.36 bits per heavy atom. The van der Waals surface area contributed by atoms with E-state index < -0.39 is 6.09 Å². The van der Waals surface area contributed by atoms with E-state index in [-0.39, 0.29) is 24.0 Å². The first-order valence-electron chi connectivity index (χ1n) is 7.77. The van der Waals surface area contributed by atoms with Crippen molar-refractivity contribution in [3.05, 3.63) is 24.5 Å². The van der Waals surface area contributed by atoms with Crippen LogP contribution in [0.4, 0.5) is 4.79 Å². The summed E-state index contributed by atoms with van der Waals surface area (Å²) >= 11 is 0. The van der Waals surface area contributed by atoms with Crippen molar-refractivity contribution in [1.82, 2.24) is 14.8 Å². The van der Waals surface area contributed by atoms with E-state index in [0.717, 1.165) is 26.1 Å². The average Bonchev–Trinajstić information content (AvgIpc) is 3.13. The largest absolute Gasteiger partial charge is 0.417 e. The van der Waals surface area contributed by atoms with Gasteiger partial charge in [0.05, 0.1) is 6.04 Å². The van der Waals surface area contributed by atoms with Crippen molar-refractivity contribution in [2.24, 2.45) is 11.3 Å². The number of nitrogens with one attached hydrogen (secondary N) is 1. The maximum Gasteiger partial charge on any atom is 0.417 e. The number of likely N-dealkylation sites (tertiary alicyclic amines) is 1. The van der Waals surface area contributed by atoms with Crippen LogP contribution in [0.1, 0.15) is 20.3 Å². The molecule has 2 fully saturated rings. The number of hydrogen-bond donors (Lipinski definition) is 1. The van der Waals surface area contributed by atoms with Gasteiger partial charge in [-0.15, -0.1) is 0 Å². The van der Waals surface area contributed by atoms with Crippen molar-refractivity contribution < 1.29 is 14.3 Å². The molecule has 0 radical (unpaired) electrons. The number of fused-ring (bicyclic) bond motifs is 1. The predicted molar refractivity (Wildman–Crippen MR) is 81.1 cm³/mol. The van der Waals surface area contributed by atoms with E-state index in [4.69, 9.17) is 0 Å². The lowest BCUT2D eigenvalue weighted by Gasteiger charge is -2.39. The minimum atomic E-state index is -0.517. The van der Waals surface area contributed by atoms with Crippen LogP contribution in [0.25, 0.3) is 0 Å². The second-order valence-electron chi connectivity index (χ2n) is 6.97. The van der Waals surface area contributed by atoms with Gasteiger partial charge >= 0.3 is 12.6 Å². The van der Waals surface area contributed by atoms with E-state index in [1.165, 1.54) is 0 Å². The summed E-state index contributed by atoms with van der Waals surface area (Å²) in [5.74, 6) is 0.438. The van der Waals surface area contributed by atoms with Gasteiger partial charge in [-0.3, -0.25) is 9.69 Å². The molecule has 6 nitrogen and oxygen atoms in total. The lowest BCUT2D eigenvalue weighted by atomic mass is 9.81. The Hall–Kier alpha value is -1.82. The maximum atomic E-state index is 12.3. The molecule has 2 saturated heterocycles. The summed E-state index contributed by atoms with van der Waals surface area (Å²) in [5, 5.41) is 3.33. The molecule has 120 valence electrons. The molecule has 1 aromatic rings. The number of carbonyl (C=O) groups excluding carboxylic acids is 2. The van der Waals surface area contributed by atoms with Crippen molar-refractivity contribution in [3.63, 3.8) is 0 Å². The molecule has 0 spiro atoms. The Kier molecular flexibility index (Phi) is 3.95. The van der Waals surface area contributed by atoms with Gasteiger partial charge in [-0.2, -0.15) is 0 Å². The smallest absolute Gasteiger partial charge is 0.379 e. The quantitative estimate of drug-likeness (QED) is 0.676. The molecule has 0 saturated carbocycles. The van der Waals surface area contributed by atoms with Gasteiger partial charge in [-0.25, -0.2) is 4.79 Å². The Morgan fingerprint density at radius 3 is 2.77 bits per heavy atom. The van der Waals surface area contributed by atoms with Gasteiger partial charge in [-0.05, 0) is 24.5 Å². The maximum absolute atomic E-state index is 12.3. The topological polar surface area (TPSA) is 63.6 Å². The standard InChI is InChI=1S/C16H23N3O3/c1-16(2,10-18-5-3-4-6-18)14-7-12-8-17-9-13(12)19(14)15(21)22-11-20/h3-6,11-14,17H,7-10H2,1-2H3. The average molecular weight is 305 g/mol. The third-order valence-corrected chi connectivity index (χ3v) is 5.04. The molecule has 22 heavy (non-hydrogen) atoms. The molecule has 1 amide bonds. The molecule has 6 heteroatoms. The Balaban J connectivity index is 1.83. The fraction of sp³-hybridized carbons (Fsp3) is 0.625. The number of rotatable bonds is 4. The molecule has 2 aliphatic rings. The van der Waals surface area contributed by atoms with Crippen LogP contribution in [-0.4, -0.2) is 47.2 Å². The highest BCUT2D eigenvalue weighted by atomic mass is 16.6. The summed E-state index contributed by atoms with van der Waals surface area (Å²) in [4.78, 5) is 24.7. The monoisotopic (exact) mass is 305 g/mol. The molecule has 1 aromatic heterocycles. The van der Waals surface area contributed by atoms with Gasteiger partial charge in [0.2, 0.25) is 0 Å². The van der Waals surface area contributed by atoms with Crippen LogP contribution in [0, 0.1) is 11.3 Å². The highest BCUT2D eigenvalue weighted by Gasteiger charge is 2.51. The zero-order chi connectivity index (χ0) is 15.7. The fourth-order valence-corrected chi connectivity index (χ4v) is 4.03. The van der Waals surface area contributed by atoms with E-state index in [1.54, 1.807) is 4.90 Å². The molecule has 0 bridgehead atoms. The van der Waals surface area contributed by atoms with Gasteiger partial charge in [0.15, 0.2) is 0 Å². The van der Waals surface area contributed by atoms with E-state index in [9.17, 15) is 9.59 Å². The minimum Gasteiger partial charge on any atom is -0.379 e. The normalized spacial score (nSPS) is 27.7. The summed E-state index contributed by atoms with van der Waals surface area (Å²) in [6.45, 7) is 7.09. The molecule has 3 atom stereocenters. The van der Waals surface area contributed by atoms with Crippen molar-refractivity contribution in [3.8, 4) is 0 Å². The molecule has 0 aromatic carbocycles. The number of nitrogens with zero attached hydrogens (tertiary/aromatic N) is 2. The molecular weight excluding hydrogens is 282 g/mol. The zero-order valence-electron chi connectivity index (χ0n) is 13.1. The Morgan fingerprint density at radius 2 is 2.09 bits per heavy atom. The van der Waals surface area contributed by atoms with Crippen molar-refractivity contribution in [1.29, 1.82) is 0 Å². The van der Waals surface area contributed by atoms with Gasteiger partial charge in [-0.1, -0.05) is 13.8 Å². The van der Waals surface area contributed by atoms with E-state index in [1.807, 2.05) is 24.5 Å².